The molecule has 8 nitrogen and oxygen atoms in total. The summed E-state index contributed by atoms with van der Waals surface area (Å²) >= 11 is 0. The number of aromatic nitrogens is 2. The highest BCUT2D eigenvalue weighted by Crippen LogP contribution is 2.45. The van der Waals surface area contributed by atoms with Crippen molar-refractivity contribution in [2.24, 2.45) is 18.9 Å². The van der Waals surface area contributed by atoms with Crippen LogP contribution in [0.15, 0.2) is 36.7 Å². The number of fused-ring (bicyclic) bond motifs is 1. The number of carbonyl (C=O) groups excluding carboxylic acids is 2. The van der Waals surface area contributed by atoms with Gasteiger partial charge in [-0.3, -0.25) is 19.2 Å². The summed E-state index contributed by atoms with van der Waals surface area (Å²) in [6.07, 6.45) is 3.42. The summed E-state index contributed by atoms with van der Waals surface area (Å²) in [5.41, 5.74) is 1.82. The fourth-order valence-corrected chi connectivity index (χ4v) is 4.71. The summed E-state index contributed by atoms with van der Waals surface area (Å²) in [6.45, 7) is 4.33. The van der Waals surface area contributed by atoms with Crippen LogP contribution in [0.5, 0.6) is 5.75 Å². The Morgan fingerprint density at radius 3 is 2.59 bits per heavy atom. The molecule has 4 rings (SSSR count). The first kappa shape index (κ1) is 19.4. The predicted octanol–water partition coefficient (Wildman–Crippen LogP) is 1.52. The fourth-order valence-electron chi connectivity index (χ4n) is 4.71. The molecular weight excluding hydrogens is 370 g/mol. The summed E-state index contributed by atoms with van der Waals surface area (Å²) in [5.74, 6) is 1.55. The van der Waals surface area contributed by atoms with Gasteiger partial charge < -0.3 is 15.0 Å². The van der Waals surface area contributed by atoms with Gasteiger partial charge in [-0.25, -0.2) is 0 Å². The van der Waals surface area contributed by atoms with E-state index in [1.807, 2.05) is 36.2 Å². The molecule has 2 saturated heterocycles. The number of nitrogens with zero attached hydrogens (tertiary/aromatic N) is 4. The lowest BCUT2D eigenvalue weighted by Crippen LogP contribution is -2.37. The minimum atomic E-state index is -0.0394. The molecule has 1 aromatic heterocycles. The van der Waals surface area contributed by atoms with Crippen LogP contribution in [0.25, 0.3) is 0 Å². The second-order valence-corrected chi connectivity index (χ2v) is 7.96. The highest BCUT2D eigenvalue weighted by atomic mass is 16.5. The topological polar surface area (TPSA) is 79.7 Å². The quantitative estimate of drug-likeness (QED) is 0.828. The number of carbonyl (C=O) groups is 2. The summed E-state index contributed by atoms with van der Waals surface area (Å²) in [6, 6.07) is 8.00. The van der Waals surface area contributed by atoms with Crippen LogP contribution in [-0.2, 0) is 16.6 Å². The van der Waals surface area contributed by atoms with E-state index in [0.29, 0.717) is 24.1 Å². The number of nitrogens with one attached hydrogen (secondary N) is 1. The molecule has 3 heterocycles. The summed E-state index contributed by atoms with van der Waals surface area (Å²) in [5, 5.41) is 6.97. The molecule has 3 atom stereocenters. The number of likely N-dealkylation sites (tertiary alicyclic amines) is 2. The second-order valence-electron chi connectivity index (χ2n) is 7.96. The Balaban J connectivity index is 1.44. The van der Waals surface area contributed by atoms with Gasteiger partial charge >= 0.3 is 0 Å². The van der Waals surface area contributed by atoms with Crippen LogP contribution in [0, 0.1) is 11.8 Å². The van der Waals surface area contributed by atoms with E-state index in [1.165, 1.54) is 0 Å². The molecule has 0 spiro atoms. The summed E-state index contributed by atoms with van der Waals surface area (Å²) in [4.78, 5) is 28.9. The molecule has 2 fully saturated rings. The van der Waals surface area contributed by atoms with Gasteiger partial charge in [0.05, 0.1) is 31.6 Å². The van der Waals surface area contributed by atoms with Crippen molar-refractivity contribution < 1.29 is 14.3 Å². The maximum Gasteiger partial charge on any atom is 0.238 e. The molecule has 2 aromatic rings. The van der Waals surface area contributed by atoms with Crippen molar-refractivity contribution in [3.05, 3.63) is 42.2 Å². The number of amides is 2. The Bertz CT molecular complexity index is 894. The van der Waals surface area contributed by atoms with Crippen LogP contribution in [0.1, 0.15) is 18.5 Å². The van der Waals surface area contributed by atoms with Crippen LogP contribution in [0.2, 0.25) is 0 Å². The van der Waals surface area contributed by atoms with Crippen molar-refractivity contribution in [2.45, 2.75) is 13.0 Å². The Labute approximate surface area is 170 Å². The molecular formula is C21H27N5O3. The van der Waals surface area contributed by atoms with Crippen LogP contribution < -0.4 is 10.1 Å². The Kier molecular flexibility index (Phi) is 5.27. The Morgan fingerprint density at radius 1 is 1.21 bits per heavy atom. The molecule has 0 aliphatic carbocycles. The van der Waals surface area contributed by atoms with E-state index in [2.05, 4.69) is 15.3 Å². The lowest BCUT2D eigenvalue weighted by atomic mass is 9.89. The number of ether oxygens (including phenoxy) is 1. The first-order valence-corrected chi connectivity index (χ1v) is 9.86. The molecule has 0 unspecified atom stereocenters. The van der Waals surface area contributed by atoms with Gasteiger partial charge in [-0.2, -0.15) is 5.10 Å². The van der Waals surface area contributed by atoms with Crippen LogP contribution in [0.4, 0.5) is 5.69 Å². The van der Waals surface area contributed by atoms with Crippen molar-refractivity contribution in [2.75, 3.05) is 38.6 Å². The molecule has 2 amide bonds. The van der Waals surface area contributed by atoms with E-state index < -0.39 is 0 Å². The number of aryl methyl sites for hydroxylation is 1. The van der Waals surface area contributed by atoms with Gasteiger partial charge in [0, 0.05) is 45.7 Å². The third kappa shape index (κ3) is 3.98. The van der Waals surface area contributed by atoms with Gasteiger partial charge in [0.2, 0.25) is 11.8 Å². The van der Waals surface area contributed by atoms with E-state index in [0.717, 1.165) is 30.9 Å². The molecule has 0 radical (unpaired) electrons. The Morgan fingerprint density at radius 2 is 1.97 bits per heavy atom. The van der Waals surface area contributed by atoms with Crippen LogP contribution >= 0.6 is 0 Å². The molecule has 0 bridgehead atoms. The zero-order chi connectivity index (χ0) is 20.5. The number of hydrogen-bond acceptors (Lipinski definition) is 5. The van der Waals surface area contributed by atoms with Crippen LogP contribution in [-0.4, -0.2) is 64.7 Å². The van der Waals surface area contributed by atoms with Gasteiger partial charge in [-0.05, 0) is 23.6 Å². The molecule has 2 aliphatic rings. The first-order valence-electron chi connectivity index (χ1n) is 9.86. The van der Waals surface area contributed by atoms with E-state index in [-0.39, 0.29) is 17.9 Å². The van der Waals surface area contributed by atoms with Gasteiger partial charge in [0.1, 0.15) is 5.75 Å². The zero-order valence-corrected chi connectivity index (χ0v) is 17.0. The molecule has 8 heteroatoms. The Hall–Kier alpha value is -2.87. The third-order valence-electron chi connectivity index (χ3n) is 5.96. The average molecular weight is 397 g/mol. The van der Waals surface area contributed by atoms with Crippen molar-refractivity contribution in [3.63, 3.8) is 0 Å². The molecule has 1 aromatic carbocycles. The summed E-state index contributed by atoms with van der Waals surface area (Å²) < 4.78 is 6.92. The monoisotopic (exact) mass is 397 g/mol. The van der Waals surface area contributed by atoms with Gasteiger partial charge in [-0.15, -0.1) is 0 Å². The maximum atomic E-state index is 12.4. The van der Waals surface area contributed by atoms with Gasteiger partial charge in [0.15, 0.2) is 0 Å². The molecule has 0 saturated carbocycles. The standard InChI is InChI=1S/C21H27N5O3/c1-14(27)26-10-16-9-25(13-20(28)23-17-8-22-24(2)11-17)12-19(16)21(26)15-4-6-18(29-3)7-5-15/h4-8,11,16,19,21H,9-10,12-13H2,1-3H3,(H,23,28)/t16-,19-,21+/m1/s1. The molecule has 2 aliphatic heterocycles. The lowest BCUT2D eigenvalue weighted by Gasteiger charge is -2.29. The average Bonchev–Trinajstić information content (AvgIpc) is 3.36. The number of benzene rings is 1. The molecule has 154 valence electrons. The van der Waals surface area contributed by atoms with Crippen molar-refractivity contribution in [1.29, 1.82) is 0 Å². The van der Waals surface area contributed by atoms with Gasteiger partial charge in [0.25, 0.3) is 0 Å². The highest BCUT2D eigenvalue weighted by Gasteiger charge is 2.48. The highest BCUT2D eigenvalue weighted by molar-refractivity contribution is 5.92. The third-order valence-corrected chi connectivity index (χ3v) is 5.96. The summed E-state index contributed by atoms with van der Waals surface area (Å²) in [7, 11) is 3.46. The predicted molar refractivity (Wildman–Crippen MR) is 108 cm³/mol. The largest absolute Gasteiger partial charge is 0.497 e. The fraction of sp³-hybridized carbons (Fsp3) is 0.476. The van der Waals surface area contributed by atoms with E-state index >= 15 is 0 Å². The zero-order valence-electron chi connectivity index (χ0n) is 17.0. The maximum absolute atomic E-state index is 12.4. The van der Waals surface area contributed by atoms with Crippen molar-refractivity contribution in [3.8, 4) is 5.75 Å². The molecule has 1 N–H and O–H groups in total. The number of hydrogen-bond donors (Lipinski definition) is 1. The van der Waals surface area contributed by atoms with Crippen molar-refractivity contribution >= 4 is 17.5 Å². The number of methoxy groups -OCH3 is 1. The van der Waals surface area contributed by atoms with E-state index in [1.54, 1.807) is 31.1 Å². The van der Waals surface area contributed by atoms with Crippen LogP contribution in [0.3, 0.4) is 0 Å². The first-order chi connectivity index (χ1) is 13.9. The minimum absolute atomic E-state index is 0.0368. The lowest BCUT2D eigenvalue weighted by molar-refractivity contribution is -0.130. The van der Waals surface area contributed by atoms with E-state index in [4.69, 9.17) is 4.74 Å². The normalized spacial score (nSPS) is 23.8. The second kappa shape index (κ2) is 7.87. The number of rotatable bonds is 5. The number of anilines is 1. The van der Waals surface area contributed by atoms with E-state index in [9.17, 15) is 9.59 Å². The van der Waals surface area contributed by atoms with Crippen molar-refractivity contribution in [1.82, 2.24) is 19.6 Å². The smallest absolute Gasteiger partial charge is 0.238 e. The van der Waals surface area contributed by atoms with Gasteiger partial charge in [-0.1, -0.05) is 12.1 Å². The molecule has 29 heavy (non-hydrogen) atoms. The SMILES string of the molecule is COc1ccc([C@H]2[C@@H]3CN(CC(=O)Nc4cnn(C)c4)C[C@@H]3CN2C(C)=O)cc1. The minimum Gasteiger partial charge on any atom is -0.497 e.